The van der Waals surface area contributed by atoms with Crippen LogP contribution in [-0.2, 0) is 13.1 Å². The number of amides is 1. The van der Waals surface area contributed by atoms with E-state index in [0.717, 1.165) is 5.56 Å². The minimum Gasteiger partial charge on any atom is -0.485 e. The summed E-state index contributed by atoms with van der Waals surface area (Å²) in [5, 5.41) is 9.06. The van der Waals surface area contributed by atoms with Gasteiger partial charge < -0.3 is 14.8 Å². The van der Waals surface area contributed by atoms with Gasteiger partial charge in [0.25, 0.3) is 5.91 Å². The monoisotopic (exact) mass is 355 g/mol. The van der Waals surface area contributed by atoms with Crippen molar-refractivity contribution in [2.24, 2.45) is 0 Å². The van der Waals surface area contributed by atoms with Crippen molar-refractivity contribution < 1.29 is 14.3 Å². The second-order valence-corrected chi connectivity index (χ2v) is 6.55. The Balaban J connectivity index is 1.37. The predicted octanol–water partition coefficient (Wildman–Crippen LogP) is 2.69. The van der Waals surface area contributed by atoms with Crippen molar-refractivity contribution in [1.82, 2.24) is 15.1 Å². The minimum atomic E-state index is -0.160. The third-order valence-corrected chi connectivity index (χ3v) is 4.77. The number of nitrogens with zero attached hydrogens (tertiary/aromatic N) is 2. The van der Waals surface area contributed by atoms with Gasteiger partial charge in [-0.2, -0.15) is 5.10 Å². The highest BCUT2D eigenvalue weighted by molar-refractivity contribution is 7.12. The van der Waals surface area contributed by atoms with Crippen LogP contribution in [-0.4, -0.2) is 28.9 Å². The molecule has 0 saturated carbocycles. The topological polar surface area (TPSA) is 65.4 Å². The third-order valence-electron chi connectivity index (χ3n) is 3.83. The van der Waals surface area contributed by atoms with Crippen molar-refractivity contribution in [2.75, 3.05) is 13.2 Å². The van der Waals surface area contributed by atoms with Gasteiger partial charge in [-0.25, -0.2) is 0 Å². The quantitative estimate of drug-likeness (QED) is 0.764. The molecule has 0 atom stereocenters. The van der Waals surface area contributed by atoms with Crippen molar-refractivity contribution in [2.45, 2.75) is 13.1 Å². The number of aromatic nitrogens is 2. The lowest BCUT2D eigenvalue weighted by molar-refractivity contribution is 0.0946. The fourth-order valence-corrected chi connectivity index (χ4v) is 3.48. The third kappa shape index (κ3) is 3.51. The molecule has 25 heavy (non-hydrogen) atoms. The Hall–Kier alpha value is -2.80. The Morgan fingerprint density at radius 3 is 2.92 bits per heavy atom. The first-order chi connectivity index (χ1) is 12.3. The van der Waals surface area contributed by atoms with Gasteiger partial charge in [-0.05, 0) is 5.56 Å². The van der Waals surface area contributed by atoms with Gasteiger partial charge in [0, 0.05) is 23.7 Å². The summed E-state index contributed by atoms with van der Waals surface area (Å²) < 4.78 is 12.9. The van der Waals surface area contributed by atoms with E-state index in [2.05, 4.69) is 22.5 Å². The Morgan fingerprint density at radius 2 is 2.04 bits per heavy atom. The molecule has 128 valence electrons. The Labute approximate surface area is 149 Å². The zero-order valence-electron chi connectivity index (χ0n) is 13.5. The summed E-state index contributed by atoms with van der Waals surface area (Å²) in [6, 6.07) is 10.1. The Kier molecular flexibility index (Phi) is 4.39. The highest BCUT2D eigenvalue weighted by Gasteiger charge is 2.23. The normalized spacial score (nSPS) is 12.8. The van der Waals surface area contributed by atoms with E-state index in [-0.39, 0.29) is 5.91 Å². The van der Waals surface area contributed by atoms with E-state index in [4.69, 9.17) is 9.47 Å². The van der Waals surface area contributed by atoms with Crippen LogP contribution in [0.15, 0.2) is 48.1 Å². The van der Waals surface area contributed by atoms with E-state index in [1.54, 1.807) is 11.6 Å². The van der Waals surface area contributed by atoms with Crippen molar-refractivity contribution in [1.29, 1.82) is 0 Å². The smallest absolute Gasteiger partial charge is 0.265 e. The van der Waals surface area contributed by atoms with E-state index >= 15 is 0 Å². The van der Waals surface area contributed by atoms with Crippen LogP contribution in [0, 0.1) is 0 Å². The standard InChI is InChI=1S/C18H17N3O3S/c22-18(17-16-15(12-25-17)23-6-7-24-16)19-8-14-9-20-21(11-14)10-13-4-2-1-3-5-13/h1-5,9,11-12H,6-8,10H2,(H,19,22). The van der Waals surface area contributed by atoms with E-state index in [1.165, 1.54) is 16.9 Å². The first-order valence-electron chi connectivity index (χ1n) is 8.00. The molecule has 1 aliphatic rings. The van der Waals surface area contributed by atoms with Gasteiger partial charge in [-0.1, -0.05) is 30.3 Å². The maximum Gasteiger partial charge on any atom is 0.265 e. The molecule has 7 heteroatoms. The molecule has 3 heterocycles. The number of carbonyl (C=O) groups excluding carboxylic acids is 1. The van der Waals surface area contributed by atoms with Gasteiger partial charge in [0.05, 0.1) is 12.7 Å². The summed E-state index contributed by atoms with van der Waals surface area (Å²) in [6.45, 7) is 2.11. The van der Waals surface area contributed by atoms with E-state index < -0.39 is 0 Å². The summed E-state index contributed by atoms with van der Waals surface area (Å²) in [5.41, 5.74) is 2.13. The second-order valence-electron chi connectivity index (χ2n) is 5.67. The van der Waals surface area contributed by atoms with Crippen LogP contribution in [0.3, 0.4) is 0 Å². The largest absolute Gasteiger partial charge is 0.485 e. The van der Waals surface area contributed by atoms with Crippen molar-refractivity contribution >= 4 is 17.2 Å². The zero-order chi connectivity index (χ0) is 17.1. The van der Waals surface area contributed by atoms with Crippen LogP contribution in [0.25, 0.3) is 0 Å². The van der Waals surface area contributed by atoms with E-state index in [1.807, 2.05) is 29.1 Å². The molecule has 1 amide bonds. The highest BCUT2D eigenvalue weighted by Crippen LogP contribution is 2.39. The first-order valence-corrected chi connectivity index (χ1v) is 8.88. The van der Waals surface area contributed by atoms with Crippen LogP contribution < -0.4 is 14.8 Å². The molecule has 0 unspecified atom stereocenters. The number of hydrogen-bond donors (Lipinski definition) is 1. The number of nitrogens with one attached hydrogen (secondary N) is 1. The Bertz CT molecular complexity index is 873. The predicted molar refractivity (Wildman–Crippen MR) is 94.3 cm³/mol. The van der Waals surface area contributed by atoms with E-state index in [0.29, 0.717) is 42.7 Å². The van der Waals surface area contributed by atoms with Gasteiger partial charge in [-0.15, -0.1) is 11.3 Å². The summed E-state index contributed by atoms with van der Waals surface area (Å²) in [6.07, 6.45) is 3.71. The van der Waals surface area contributed by atoms with Crippen LogP contribution in [0.1, 0.15) is 20.8 Å². The molecule has 3 aromatic rings. The fourth-order valence-electron chi connectivity index (χ4n) is 2.64. The second kappa shape index (κ2) is 6.98. The van der Waals surface area contributed by atoms with Crippen LogP contribution in [0.5, 0.6) is 11.5 Å². The number of rotatable bonds is 5. The molecule has 0 aliphatic carbocycles. The summed E-state index contributed by atoms with van der Waals surface area (Å²) in [7, 11) is 0. The summed E-state index contributed by atoms with van der Waals surface area (Å²) in [5.74, 6) is 1.04. The number of benzene rings is 1. The summed E-state index contributed by atoms with van der Waals surface area (Å²) >= 11 is 1.33. The molecule has 0 fully saturated rings. The lowest BCUT2D eigenvalue weighted by Gasteiger charge is -2.15. The lowest BCUT2D eigenvalue weighted by Crippen LogP contribution is -2.23. The van der Waals surface area contributed by atoms with Gasteiger partial charge in [0.2, 0.25) is 0 Å². The van der Waals surface area contributed by atoms with Gasteiger partial charge >= 0.3 is 0 Å². The summed E-state index contributed by atoms with van der Waals surface area (Å²) in [4.78, 5) is 12.9. The van der Waals surface area contributed by atoms with E-state index in [9.17, 15) is 4.79 Å². The number of fused-ring (bicyclic) bond motifs is 1. The van der Waals surface area contributed by atoms with Crippen LogP contribution in [0.4, 0.5) is 0 Å². The average molecular weight is 355 g/mol. The molecule has 4 rings (SSSR count). The molecule has 1 aliphatic heterocycles. The first kappa shape index (κ1) is 15.7. The zero-order valence-corrected chi connectivity index (χ0v) is 14.3. The lowest BCUT2D eigenvalue weighted by atomic mass is 10.2. The van der Waals surface area contributed by atoms with Crippen LogP contribution in [0.2, 0.25) is 0 Å². The molecule has 1 N–H and O–H groups in total. The molecule has 0 radical (unpaired) electrons. The highest BCUT2D eigenvalue weighted by atomic mass is 32.1. The number of hydrogen-bond acceptors (Lipinski definition) is 5. The molecular formula is C18H17N3O3S. The van der Waals surface area contributed by atoms with Crippen molar-refractivity contribution in [3.63, 3.8) is 0 Å². The molecule has 0 bridgehead atoms. The van der Waals surface area contributed by atoms with Crippen LogP contribution >= 0.6 is 11.3 Å². The average Bonchev–Trinajstić information content (AvgIpc) is 3.27. The van der Waals surface area contributed by atoms with Crippen molar-refractivity contribution in [3.05, 3.63) is 64.1 Å². The molecule has 2 aromatic heterocycles. The molecule has 1 aromatic carbocycles. The number of thiophene rings is 1. The van der Waals surface area contributed by atoms with Gasteiger partial charge in [-0.3, -0.25) is 9.48 Å². The molecule has 0 saturated heterocycles. The SMILES string of the molecule is O=C(NCc1cnn(Cc2ccccc2)c1)c1scc2c1OCCO2. The molecule has 0 spiro atoms. The Morgan fingerprint density at radius 1 is 1.20 bits per heavy atom. The van der Waals surface area contributed by atoms with Crippen molar-refractivity contribution in [3.8, 4) is 11.5 Å². The fraction of sp³-hybridized carbons (Fsp3) is 0.222. The minimum absolute atomic E-state index is 0.160. The maximum atomic E-state index is 12.4. The molecular weight excluding hydrogens is 338 g/mol. The van der Waals surface area contributed by atoms with Gasteiger partial charge in [0.1, 0.15) is 18.1 Å². The number of carbonyl (C=O) groups is 1. The number of ether oxygens (including phenoxy) is 2. The molecule has 6 nitrogen and oxygen atoms in total. The maximum absolute atomic E-state index is 12.4. The van der Waals surface area contributed by atoms with Gasteiger partial charge in [0.15, 0.2) is 11.5 Å².